The highest BCUT2D eigenvalue weighted by Gasteiger charge is 2.10. The maximum absolute atomic E-state index is 11.0. The van der Waals surface area contributed by atoms with Crippen molar-refractivity contribution in [2.75, 3.05) is 17.9 Å². The molecule has 0 saturated carbocycles. The fourth-order valence-corrected chi connectivity index (χ4v) is 2.56. The third-order valence-electron chi connectivity index (χ3n) is 3.27. The second-order valence-corrected chi connectivity index (χ2v) is 6.24. The predicted octanol–water partition coefficient (Wildman–Crippen LogP) is 2.13. The van der Waals surface area contributed by atoms with E-state index < -0.39 is 17.4 Å². The van der Waals surface area contributed by atoms with Crippen LogP contribution in [0, 0.1) is 0 Å². The summed E-state index contributed by atoms with van der Waals surface area (Å²) < 4.78 is 28.2. The molecule has 126 valence electrons. The maximum atomic E-state index is 11.0. The number of hydrogen-bond donors (Lipinski definition) is 4. The van der Waals surface area contributed by atoms with E-state index in [1.165, 1.54) is 0 Å². The molecule has 0 aliphatic heterocycles. The molecule has 0 bridgehead atoms. The van der Waals surface area contributed by atoms with E-state index in [4.69, 9.17) is 9.29 Å². The summed E-state index contributed by atoms with van der Waals surface area (Å²) in [4.78, 5) is 0. The zero-order chi connectivity index (χ0) is 16.8. The van der Waals surface area contributed by atoms with Crippen LogP contribution in [0.2, 0.25) is 0 Å². The minimum atomic E-state index is -2.14. The molecule has 0 fully saturated rings. The summed E-state index contributed by atoms with van der Waals surface area (Å²) in [6.45, 7) is 4.65. The highest BCUT2D eigenvalue weighted by molar-refractivity contribution is 7.80. The van der Waals surface area contributed by atoms with Gasteiger partial charge in [-0.3, -0.25) is 9.27 Å². The number of rotatable bonds is 8. The number of ether oxygens (including phenoxy) is 1. The van der Waals surface area contributed by atoms with Gasteiger partial charge in [-0.25, -0.2) is 4.21 Å². The summed E-state index contributed by atoms with van der Waals surface area (Å²) >= 11 is -2.14. The summed E-state index contributed by atoms with van der Waals surface area (Å²) in [6.07, 6.45) is -0.612. The molecule has 0 aliphatic carbocycles. The first-order valence-electron chi connectivity index (χ1n) is 7.41. The molecule has 2 aromatic rings. The Balaban J connectivity index is 2.14. The van der Waals surface area contributed by atoms with Gasteiger partial charge in [0, 0.05) is 23.4 Å². The van der Waals surface area contributed by atoms with E-state index in [-0.39, 0.29) is 6.61 Å². The molecule has 6 nitrogen and oxygen atoms in total. The Morgan fingerprint density at radius 1 is 1.17 bits per heavy atom. The van der Waals surface area contributed by atoms with Crippen LogP contribution in [-0.2, 0) is 11.3 Å². The lowest BCUT2D eigenvalue weighted by Gasteiger charge is -2.17. The monoisotopic (exact) mass is 338 g/mol. The highest BCUT2D eigenvalue weighted by atomic mass is 32.2. The van der Waals surface area contributed by atoms with Crippen molar-refractivity contribution in [1.82, 2.24) is 5.32 Å². The summed E-state index contributed by atoms with van der Waals surface area (Å²) in [5, 5.41) is 14.7. The van der Waals surface area contributed by atoms with Crippen LogP contribution in [-0.4, -0.2) is 39.2 Å². The summed E-state index contributed by atoms with van der Waals surface area (Å²) in [6, 6.07) is 11.1. The van der Waals surface area contributed by atoms with Crippen molar-refractivity contribution in [2.24, 2.45) is 0 Å². The Morgan fingerprint density at radius 2 is 1.87 bits per heavy atom. The molecule has 7 heteroatoms. The van der Waals surface area contributed by atoms with E-state index in [9.17, 15) is 9.32 Å². The first-order chi connectivity index (χ1) is 11.0. The lowest BCUT2D eigenvalue weighted by atomic mass is 10.1. The Morgan fingerprint density at radius 3 is 2.52 bits per heavy atom. The number of nitrogens with one attached hydrogen (secondary N) is 2. The Hall–Kier alpha value is -1.67. The van der Waals surface area contributed by atoms with Crippen molar-refractivity contribution in [1.29, 1.82) is 0 Å². The van der Waals surface area contributed by atoms with Gasteiger partial charge in [0.2, 0.25) is 0 Å². The van der Waals surface area contributed by atoms with Crippen LogP contribution in [0.25, 0.3) is 10.8 Å². The molecule has 0 aliphatic rings. The van der Waals surface area contributed by atoms with Crippen LogP contribution in [0.5, 0.6) is 5.75 Å². The van der Waals surface area contributed by atoms with Crippen molar-refractivity contribution in [3.05, 3.63) is 36.4 Å². The van der Waals surface area contributed by atoms with Gasteiger partial charge in [0.25, 0.3) is 11.3 Å². The molecular weight excluding hydrogens is 316 g/mol. The van der Waals surface area contributed by atoms with E-state index in [0.717, 1.165) is 10.8 Å². The molecular formula is C16H22N2O4S. The first-order valence-corrected chi connectivity index (χ1v) is 8.51. The second-order valence-electron chi connectivity index (χ2n) is 5.54. The lowest BCUT2D eigenvalue weighted by Crippen LogP contribution is -2.35. The van der Waals surface area contributed by atoms with Crippen molar-refractivity contribution in [2.45, 2.75) is 26.0 Å². The van der Waals surface area contributed by atoms with E-state index in [0.29, 0.717) is 24.0 Å². The molecule has 4 N–H and O–H groups in total. The number of aliphatic hydroxyl groups excluding tert-OH is 1. The van der Waals surface area contributed by atoms with E-state index >= 15 is 0 Å². The fourth-order valence-electron chi connectivity index (χ4n) is 2.20. The molecule has 2 unspecified atom stereocenters. The zero-order valence-electron chi connectivity index (χ0n) is 13.2. The largest absolute Gasteiger partial charge is 0.490 e. The molecule has 2 atom stereocenters. The smallest absolute Gasteiger partial charge is 0.259 e. The Kier molecular flexibility index (Phi) is 6.35. The van der Waals surface area contributed by atoms with Crippen LogP contribution in [0.1, 0.15) is 13.8 Å². The highest BCUT2D eigenvalue weighted by Crippen LogP contribution is 2.31. The number of aliphatic hydroxyl groups is 1. The minimum Gasteiger partial charge on any atom is -0.490 e. The van der Waals surface area contributed by atoms with Crippen LogP contribution in [0.3, 0.4) is 0 Å². The molecule has 23 heavy (non-hydrogen) atoms. The molecule has 0 heterocycles. The number of fused-ring (bicyclic) bond motifs is 1. The SMILES string of the molecule is CC(C)NCC(O)COc1ccc(NS(=O)O)c2ccccc12. The average molecular weight is 338 g/mol. The fraction of sp³-hybridized carbons (Fsp3) is 0.375. The zero-order valence-corrected chi connectivity index (χ0v) is 14.0. The van der Waals surface area contributed by atoms with E-state index in [1.807, 2.05) is 38.1 Å². The van der Waals surface area contributed by atoms with E-state index in [2.05, 4.69) is 10.0 Å². The second kappa shape index (κ2) is 8.26. The van der Waals surface area contributed by atoms with Crippen molar-refractivity contribution in [3.63, 3.8) is 0 Å². The Labute approximate surface area is 138 Å². The molecule has 0 saturated heterocycles. The van der Waals surface area contributed by atoms with Crippen LogP contribution in [0.15, 0.2) is 36.4 Å². The van der Waals surface area contributed by atoms with Crippen LogP contribution in [0.4, 0.5) is 5.69 Å². The summed E-state index contributed by atoms with van der Waals surface area (Å²) in [5.74, 6) is 0.624. The molecule has 0 radical (unpaired) electrons. The average Bonchev–Trinajstić information content (AvgIpc) is 2.51. The topological polar surface area (TPSA) is 90.8 Å². The maximum Gasteiger partial charge on any atom is 0.259 e. The van der Waals surface area contributed by atoms with Crippen molar-refractivity contribution in [3.8, 4) is 5.75 Å². The molecule has 0 spiro atoms. The minimum absolute atomic E-state index is 0.169. The van der Waals surface area contributed by atoms with Gasteiger partial charge < -0.3 is 15.2 Å². The molecule has 0 aromatic heterocycles. The van der Waals surface area contributed by atoms with Gasteiger partial charge in [-0.1, -0.05) is 38.1 Å². The normalized spacial score (nSPS) is 14.0. The standard InChI is InChI=1S/C16H22N2O4S/c1-11(2)17-9-12(19)10-22-16-8-7-15(18-23(20)21)13-5-3-4-6-14(13)16/h3-8,11-12,17-19H,9-10H2,1-2H3,(H,20,21). The molecule has 2 aromatic carbocycles. The summed E-state index contributed by atoms with van der Waals surface area (Å²) in [7, 11) is 0. The number of anilines is 1. The first kappa shape index (κ1) is 17.7. The van der Waals surface area contributed by atoms with Gasteiger partial charge in [-0.15, -0.1) is 0 Å². The quantitative estimate of drug-likeness (QED) is 0.554. The van der Waals surface area contributed by atoms with Gasteiger partial charge >= 0.3 is 0 Å². The predicted molar refractivity (Wildman–Crippen MR) is 93.0 cm³/mol. The van der Waals surface area contributed by atoms with Gasteiger partial charge in [-0.05, 0) is 12.1 Å². The van der Waals surface area contributed by atoms with Gasteiger partial charge in [0.1, 0.15) is 18.5 Å². The third-order valence-corrected chi connectivity index (χ3v) is 3.67. The number of hydrogen-bond acceptors (Lipinski definition) is 4. The summed E-state index contributed by atoms with van der Waals surface area (Å²) in [5.41, 5.74) is 0.552. The molecule has 0 amide bonds. The van der Waals surface area contributed by atoms with Crippen LogP contribution < -0.4 is 14.8 Å². The van der Waals surface area contributed by atoms with Gasteiger partial charge in [0.15, 0.2) is 0 Å². The van der Waals surface area contributed by atoms with Crippen LogP contribution >= 0.6 is 0 Å². The Bertz CT molecular complexity index is 678. The van der Waals surface area contributed by atoms with Crippen molar-refractivity contribution >= 4 is 27.7 Å². The van der Waals surface area contributed by atoms with Gasteiger partial charge in [0.05, 0.1) is 5.69 Å². The lowest BCUT2D eigenvalue weighted by molar-refractivity contribution is 0.105. The molecule has 2 rings (SSSR count). The number of benzene rings is 2. The van der Waals surface area contributed by atoms with E-state index in [1.54, 1.807) is 12.1 Å². The van der Waals surface area contributed by atoms with Crippen molar-refractivity contribution < 1.29 is 18.6 Å². The van der Waals surface area contributed by atoms with Gasteiger partial charge in [-0.2, -0.15) is 0 Å². The third kappa shape index (κ3) is 5.18.